The highest BCUT2D eigenvalue weighted by Crippen LogP contribution is 2.03. The molecule has 2 rings (SSSR count). The summed E-state index contributed by atoms with van der Waals surface area (Å²) >= 11 is 0. The van der Waals surface area contributed by atoms with Crippen molar-refractivity contribution >= 4 is 11.6 Å². The molecule has 0 spiro atoms. The predicted molar refractivity (Wildman–Crippen MR) is 72.9 cm³/mol. The first-order valence-corrected chi connectivity index (χ1v) is 6.21. The fourth-order valence-electron chi connectivity index (χ4n) is 1.71. The van der Waals surface area contributed by atoms with E-state index in [1.165, 1.54) is 15.3 Å². The number of carbonyl (C=O) groups is 1. The van der Waals surface area contributed by atoms with E-state index < -0.39 is 0 Å². The molecular weight excluding hydrogens is 260 g/mol. The van der Waals surface area contributed by atoms with Gasteiger partial charge in [-0.05, 0) is 13.0 Å². The molecule has 20 heavy (non-hydrogen) atoms. The first-order valence-electron chi connectivity index (χ1n) is 6.21. The summed E-state index contributed by atoms with van der Waals surface area (Å²) in [6.07, 6.45) is 3.22. The summed E-state index contributed by atoms with van der Waals surface area (Å²) in [5.74, 6) is -0.250. The fourth-order valence-corrected chi connectivity index (χ4v) is 1.71. The molecule has 106 valence electrons. The number of rotatable bonds is 5. The van der Waals surface area contributed by atoms with Crippen LogP contribution in [0.15, 0.2) is 29.3 Å². The summed E-state index contributed by atoms with van der Waals surface area (Å²) in [4.78, 5) is 23.3. The number of nitrogens with zero attached hydrogens (tertiary/aromatic N) is 4. The van der Waals surface area contributed by atoms with Crippen molar-refractivity contribution < 1.29 is 4.79 Å². The van der Waals surface area contributed by atoms with Crippen LogP contribution in [0.4, 0.5) is 5.69 Å². The second kappa shape index (κ2) is 6.11. The maximum Gasteiger partial charge on any atom is 0.250 e. The van der Waals surface area contributed by atoms with Crippen LogP contribution in [0.3, 0.4) is 0 Å². The van der Waals surface area contributed by atoms with E-state index in [0.717, 1.165) is 0 Å². The molecule has 0 aliphatic heterocycles. The Morgan fingerprint density at radius 1 is 1.40 bits per heavy atom. The molecule has 0 aliphatic rings. The van der Waals surface area contributed by atoms with Crippen LogP contribution in [0.5, 0.6) is 0 Å². The van der Waals surface area contributed by atoms with Gasteiger partial charge in [-0.15, -0.1) is 5.10 Å². The van der Waals surface area contributed by atoms with Gasteiger partial charge in [-0.25, -0.2) is 4.68 Å². The van der Waals surface area contributed by atoms with E-state index in [4.69, 9.17) is 5.73 Å². The third kappa shape index (κ3) is 3.29. The van der Waals surface area contributed by atoms with E-state index in [1.807, 2.05) is 6.92 Å². The number of amides is 1. The topological polar surface area (TPSA) is 108 Å². The lowest BCUT2D eigenvalue weighted by atomic mass is 10.4. The molecule has 0 saturated carbocycles. The van der Waals surface area contributed by atoms with Gasteiger partial charge in [-0.1, -0.05) is 5.21 Å². The normalized spacial score (nSPS) is 10.5. The third-order valence-corrected chi connectivity index (χ3v) is 2.71. The molecule has 0 radical (unpaired) electrons. The summed E-state index contributed by atoms with van der Waals surface area (Å²) in [7, 11) is 0. The van der Waals surface area contributed by atoms with Gasteiger partial charge in [0.25, 0.3) is 5.56 Å². The van der Waals surface area contributed by atoms with Crippen molar-refractivity contribution in [2.45, 2.75) is 26.6 Å². The molecule has 2 aromatic heterocycles. The molecule has 3 N–H and O–H groups in total. The Morgan fingerprint density at radius 3 is 2.85 bits per heavy atom. The van der Waals surface area contributed by atoms with Gasteiger partial charge < -0.3 is 15.6 Å². The van der Waals surface area contributed by atoms with Crippen molar-refractivity contribution in [2.24, 2.45) is 5.73 Å². The Kier molecular flexibility index (Phi) is 4.26. The smallest absolute Gasteiger partial charge is 0.250 e. The standard InChI is InChI=1S/C12H16N6O2/c1-2-17-6-9(3-4-12(17)20)14-11(19)8-18-7-10(5-13)15-16-18/h3-4,6-7H,2,5,8,13H2,1H3,(H,14,19). The zero-order valence-corrected chi connectivity index (χ0v) is 11.1. The summed E-state index contributed by atoms with van der Waals surface area (Å²) in [5.41, 5.74) is 6.50. The van der Waals surface area contributed by atoms with Crippen molar-refractivity contribution in [3.05, 3.63) is 40.6 Å². The minimum absolute atomic E-state index is 0.0399. The monoisotopic (exact) mass is 276 g/mol. The highest BCUT2D eigenvalue weighted by molar-refractivity contribution is 5.90. The van der Waals surface area contributed by atoms with E-state index in [9.17, 15) is 9.59 Å². The highest BCUT2D eigenvalue weighted by Gasteiger charge is 2.06. The van der Waals surface area contributed by atoms with Crippen LogP contribution >= 0.6 is 0 Å². The van der Waals surface area contributed by atoms with Gasteiger partial charge in [0.15, 0.2) is 0 Å². The second-order valence-electron chi connectivity index (χ2n) is 4.20. The number of hydrogen-bond donors (Lipinski definition) is 2. The molecule has 0 aromatic carbocycles. The maximum atomic E-state index is 11.8. The van der Waals surface area contributed by atoms with Crippen LogP contribution in [0.2, 0.25) is 0 Å². The Bertz CT molecular complexity index is 660. The second-order valence-corrected chi connectivity index (χ2v) is 4.20. The minimum Gasteiger partial charge on any atom is -0.325 e. The van der Waals surface area contributed by atoms with E-state index in [-0.39, 0.29) is 24.6 Å². The Balaban J connectivity index is 2.02. The number of nitrogens with one attached hydrogen (secondary N) is 1. The summed E-state index contributed by atoms with van der Waals surface area (Å²) in [6, 6.07) is 2.99. The van der Waals surface area contributed by atoms with Crippen LogP contribution in [0.25, 0.3) is 0 Å². The van der Waals surface area contributed by atoms with Gasteiger partial charge in [0.2, 0.25) is 5.91 Å². The molecular formula is C12H16N6O2. The maximum absolute atomic E-state index is 11.8. The quantitative estimate of drug-likeness (QED) is 0.769. The van der Waals surface area contributed by atoms with Crippen molar-refractivity contribution in [3.8, 4) is 0 Å². The third-order valence-electron chi connectivity index (χ3n) is 2.71. The average molecular weight is 276 g/mol. The van der Waals surface area contributed by atoms with Gasteiger partial charge in [-0.3, -0.25) is 9.59 Å². The summed E-state index contributed by atoms with van der Waals surface area (Å²) in [5, 5.41) is 10.3. The SMILES string of the molecule is CCn1cc(NC(=O)Cn2cc(CN)nn2)ccc1=O. The largest absolute Gasteiger partial charge is 0.325 e. The number of hydrogen-bond acceptors (Lipinski definition) is 5. The number of nitrogens with two attached hydrogens (primary N) is 1. The molecule has 0 bridgehead atoms. The summed E-state index contributed by atoms with van der Waals surface area (Å²) < 4.78 is 2.92. The first-order chi connectivity index (χ1) is 9.62. The number of carbonyl (C=O) groups excluding carboxylic acids is 1. The van der Waals surface area contributed by atoms with Crippen molar-refractivity contribution in [2.75, 3.05) is 5.32 Å². The first kappa shape index (κ1) is 13.9. The lowest BCUT2D eigenvalue weighted by Gasteiger charge is -2.07. The lowest BCUT2D eigenvalue weighted by molar-refractivity contribution is -0.116. The van der Waals surface area contributed by atoms with Crippen molar-refractivity contribution in [1.82, 2.24) is 19.6 Å². The highest BCUT2D eigenvalue weighted by atomic mass is 16.2. The lowest BCUT2D eigenvalue weighted by Crippen LogP contribution is -2.22. The molecule has 0 aliphatic carbocycles. The van der Waals surface area contributed by atoms with Gasteiger partial charge in [0.05, 0.1) is 17.6 Å². The molecule has 2 heterocycles. The zero-order chi connectivity index (χ0) is 14.5. The van der Waals surface area contributed by atoms with Crippen molar-refractivity contribution in [3.63, 3.8) is 0 Å². The van der Waals surface area contributed by atoms with Crippen LogP contribution in [0, 0.1) is 0 Å². The van der Waals surface area contributed by atoms with Crippen molar-refractivity contribution in [1.29, 1.82) is 0 Å². The fraction of sp³-hybridized carbons (Fsp3) is 0.333. The van der Waals surface area contributed by atoms with E-state index in [1.54, 1.807) is 18.5 Å². The zero-order valence-electron chi connectivity index (χ0n) is 11.1. The van der Waals surface area contributed by atoms with Gasteiger partial charge in [0.1, 0.15) is 6.54 Å². The number of aryl methyl sites for hydroxylation is 1. The molecule has 8 heteroatoms. The number of aromatic nitrogens is 4. The Hall–Kier alpha value is -2.48. The predicted octanol–water partition coefficient (Wildman–Crippen LogP) is -0.443. The van der Waals surface area contributed by atoms with E-state index in [0.29, 0.717) is 17.9 Å². The van der Waals surface area contributed by atoms with E-state index in [2.05, 4.69) is 15.6 Å². The molecule has 0 atom stereocenters. The molecule has 1 amide bonds. The number of pyridine rings is 1. The molecule has 0 unspecified atom stereocenters. The Labute approximate surface area is 115 Å². The van der Waals surface area contributed by atoms with Gasteiger partial charge in [-0.2, -0.15) is 0 Å². The molecule has 2 aromatic rings. The number of anilines is 1. The molecule has 0 saturated heterocycles. The van der Waals surface area contributed by atoms with Crippen LogP contribution in [-0.4, -0.2) is 25.5 Å². The van der Waals surface area contributed by atoms with Gasteiger partial charge >= 0.3 is 0 Å². The molecule has 0 fully saturated rings. The van der Waals surface area contributed by atoms with Crippen LogP contribution in [0.1, 0.15) is 12.6 Å². The van der Waals surface area contributed by atoms with Gasteiger partial charge in [0, 0.05) is 25.4 Å². The summed E-state index contributed by atoms with van der Waals surface area (Å²) in [6.45, 7) is 2.73. The Morgan fingerprint density at radius 2 is 2.20 bits per heavy atom. The van der Waals surface area contributed by atoms with Crippen LogP contribution in [-0.2, 0) is 24.4 Å². The average Bonchev–Trinajstić information content (AvgIpc) is 2.88. The minimum atomic E-state index is -0.250. The molecule has 8 nitrogen and oxygen atoms in total. The van der Waals surface area contributed by atoms with Crippen LogP contribution < -0.4 is 16.6 Å². The van der Waals surface area contributed by atoms with E-state index >= 15 is 0 Å².